The van der Waals surface area contributed by atoms with E-state index >= 15 is 0 Å². The molecule has 1 aliphatic heterocycles. The van der Waals surface area contributed by atoms with Crippen molar-refractivity contribution in [1.82, 2.24) is 0 Å². The molecule has 4 rings (SSSR count). The summed E-state index contributed by atoms with van der Waals surface area (Å²) in [6.45, 7) is 5.86. The van der Waals surface area contributed by atoms with Gasteiger partial charge in [-0.15, -0.1) is 0 Å². The maximum atomic E-state index is 13.8. The van der Waals surface area contributed by atoms with Crippen molar-refractivity contribution >= 4 is 58.2 Å². The topological polar surface area (TPSA) is 49.9 Å². The van der Waals surface area contributed by atoms with Crippen molar-refractivity contribution in [2.75, 3.05) is 16.9 Å². The summed E-state index contributed by atoms with van der Waals surface area (Å²) in [7, 11) is 1.55. The monoisotopic (exact) mass is 490 g/mol. The van der Waals surface area contributed by atoms with Gasteiger partial charge >= 0.3 is 0 Å². The van der Waals surface area contributed by atoms with Crippen molar-refractivity contribution in [2.45, 2.75) is 20.8 Å². The van der Waals surface area contributed by atoms with Crippen LogP contribution in [-0.2, 0) is 9.59 Å². The summed E-state index contributed by atoms with van der Waals surface area (Å²) in [5.74, 6) is -0.404. The number of amides is 2. The van der Waals surface area contributed by atoms with E-state index in [9.17, 15) is 9.59 Å². The predicted molar refractivity (Wildman–Crippen MR) is 141 cm³/mol. The number of hydrogen-bond acceptors (Lipinski definition) is 4. The zero-order valence-corrected chi connectivity index (χ0v) is 20.8. The second kappa shape index (κ2) is 9.41. The molecular weight excluding hydrogens is 468 g/mol. The Labute approximate surface area is 209 Å². The van der Waals surface area contributed by atoms with Crippen LogP contribution < -0.4 is 14.5 Å². The van der Waals surface area contributed by atoms with Crippen LogP contribution >= 0.6 is 23.8 Å². The summed E-state index contributed by atoms with van der Waals surface area (Å²) in [6.07, 6.45) is 1.57. The van der Waals surface area contributed by atoms with Crippen LogP contribution in [0.4, 0.5) is 11.4 Å². The van der Waals surface area contributed by atoms with Crippen LogP contribution in [0.1, 0.15) is 22.3 Å². The summed E-state index contributed by atoms with van der Waals surface area (Å²) >= 11 is 11.8. The van der Waals surface area contributed by atoms with Crippen LogP contribution in [0, 0.1) is 20.8 Å². The van der Waals surface area contributed by atoms with Gasteiger partial charge in [-0.3, -0.25) is 19.4 Å². The molecule has 3 aromatic carbocycles. The van der Waals surface area contributed by atoms with E-state index in [-0.39, 0.29) is 10.7 Å². The number of carbonyl (C=O) groups is 2. The normalized spacial score (nSPS) is 15.3. The van der Waals surface area contributed by atoms with Gasteiger partial charge in [0.1, 0.15) is 11.3 Å². The molecule has 2 amide bonds. The summed E-state index contributed by atoms with van der Waals surface area (Å²) in [5, 5.41) is 0.654. The molecule has 1 fully saturated rings. The number of aryl methyl sites for hydroxylation is 3. The van der Waals surface area contributed by atoms with E-state index < -0.39 is 11.8 Å². The highest BCUT2D eigenvalue weighted by Gasteiger charge is 2.42. The van der Waals surface area contributed by atoms with Crippen molar-refractivity contribution in [1.29, 1.82) is 0 Å². The average molecular weight is 491 g/mol. The van der Waals surface area contributed by atoms with Crippen molar-refractivity contribution < 1.29 is 14.3 Å². The molecule has 1 heterocycles. The van der Waals surface area contributed by atoms with Crippen molar-refractivity contribution in [3.8, 4) is 5.75 Å². The predicted octanol–water partition coefficient (Wildman–Crippen LogP) is 6.02. The molecule has 0 atom stereocenters. The minimum atomic E-state index is -0.503. The third-order valence-corrected chi connectivity index (χ3v) is 6.22. The van der Waals surface area contributed by atoms with E-state index in [1.54, 1.807) is 61.7 Å². The van der Waals surface area contributed by atoms with Crippen LogP contribution in [0.5, 0.6) is 5.75 Å². The Morgan fingerprint density at radius 3 is 2.12 bits per heavy atom. The van der Waals surface area contributed by atoms with Crippen LogP contribution in [0.15, 0.2) is 66.2 Å². The Balaban J connectivity index is 1.93. The quantitative estimate of drug-likeness (QED) is 0.255. The molecule has 1 aliphatic rings. The van der Waals surface area contributed by atoms with E-state index in [0.717, 1.165) is 16.7 Å². The fraction of sp³-hybridized carbons (Fsp3) is 0.148. The van der Waals surface area contributed by atoms with Crippen molar-refractivity contribution in [2.24, 2.45) is 0 Å². The second-order valence-corrected chi connectivity index (χ2v) is 8.92. The number of carbonyl (C=O) groups excluding carboxylic acids is 2. The molecule has 172 valence electrons. The van der Waals surface area contributed by atoms with Gasteiger partial charge in [0.05, 0.1) is 18.5 Å². The lowest BCUT2D eigenvalue weighted by Crippen LogP contribution is -2.57. The summed E-state index contributed by atoms with van der Waals surface area (Å²) < 4.78 is 5.34. The first-order valence-electron chi connectivity index (χ1n) is 10.6. The number of halogens is 1. The summed E-state index contributed by atoms with van der Waals surface area (Å²) in [6, 6.07) is 17.9. The minimum absolute atomic E-state index is 0.00174. The number of methoxy groups -OCH3 is 1. The molecular formula is C27H23ClN2O3S. The molecule has 0 N–H and O–H groups in total. The summed E-state index contributed by atoms with van der Waals surface area (Å²) in [5.41, 5.74) is 4.71. The number of ether oxygens (including phenoxy) is 1. The number of anilines is 2. The fourth-order valence-corrected chi connectivity index (χ4v) is 4.64. The minimum Gasteiger partial charge on any atom is -0.497 e. The molecule has 0 radical (unpaired) electrons. The molecule has 0 unspecified atom stereocenters. The SMILES string of the molecule is COc1cccc(N2C(=O)/C(=C\c3ccc(Cl)cc3)C(=O)N(c3c(C)cc(C)cc3C)C2=S)c1. The highest BCUT2D eigenvalue weighted by molar-refractivity contribution is 7.81. The first kappa shape index (κ1) is 23.7. The third kappa shape index (κ3) is 4.34. The molecule has 5 nitrogen and oxygen atoms in total. The summed E-state index contributed by atoms with van der Waals surface area (Å²) in [4.78, 5) is 30.3. The molecule has 1 saturated heterocycles. The van der Waals surface area contributed by atoms with E-state index in [2.05, 4.69) is 0 Å². The number of hydrogen-bond donors (Lipinski definition) is 0. The number of thiocarbonyl (C=S) groups is 1. The van der Waals surface area contributed by atoms with Gasteiger partial charge in [-0.2, -0.15) is 0 Å². The average Bonchev–Trinajstić information content (AvgIpc) is 2.79. The fourth-order valence-electron chi connectivity index (χ4n) is 4.15. The molecule has 34 heavy (non-hydrogen) atoms. The molecule has 0 spiro atoms. The Hall–Kier alpha value is -3.48. The lowest BCUT2D eigenvalue weighted by molar-refractivity contribution is -0.120. The van der Waals surface area contributed by atoms with Gasteiger partial charge in [-0.1, -0.05) is 47.5 Å². The molecule has 0 saturated carbocycles. The maximum Gasteiger partial charge on any atom is 0.270 e. The Morgan fingerprint density at radius 2 is 1.50 bits per heavy atom. The van der Waals surface area contributed by atoms with Gasteiger partial charge in [0.15, 0.2) is 5.11 Å². The second-order valence-electron chi connectivity index (χ2n) is 8.12. The van der Waals surface area contributed by atoms with E-state index in [1.165, 1.54) is 9.80 Å². The van der Waals surface area contributed by atoms with Crippen molar-refractivity contribution in [3.63, 3.8) is 0 Å². The Bertz CT molecular complexity index is 1330. The molecule has 3 aromatic rings. The number of nitrogens with zero attached hydrogens (tertiary/aromatic N) is 2. The van der Waals surface area contributed by atoms with E-state index in [1.807, 2.05) is 32.9 Å². The van der Waals surface area contributed by atoms with Crippen LogP contribution in [0.25, 0.3) is 6.08 Å². The van der Waals surface area contributed by atoms with E-state index in [0.29, 0.717) is 27.7 Å². The van der Waals surface area contributed by atoms with E-state index in [4.69, 9.17) is 28.6 Å². The number of rotatable bonds is 4. The largest absolute Gasteiger partial charge is 0.497 e. The molecule has 0 aliphatic carbocycles. The Morgan fingerprint density at radius 1 is 0.882 bits per heavy atom. The van der Waals surface area contributed by atoms with Gasteiger partial charge in [-0.25, -0.2) is 0 Å². The zero-order chi connectivity index (χ0) is 24.6. The molecule has 0 aromatic heterocycles. The van der Waals surface area contributed by atoms with Gasteiger partial charge in [0.2, 0.25) is 0 Å². The molecule has 0 bridgehead atoms. The highest BCUT2D eigenvalue weighted by atomic mass is 35.5. The standard InChI is InChI=1S/C27H23ClN2O3S/c1-16-12-17(2)24(18(3)13-16)30-26(32)23(14-19-8-10-20(28)11-9-19)25(31)29(27(30)34)21-6-5-7-22(15-21)33-4/h5-15H,1-4H3/b23-14+. The van der Waals surface area contributed by atoms with Crippen LogP contribution in [0.2, 0.25) is 5.02 Å². The van der Waals surface area contributed by atoms with Gasteiger partial charge < -0.3 is 4.74 Å². The highest BCUT2D eigenvalue weighted by Crippen LogP contribution is 2.35. The van der Waals surface area contributed by atoms with Gasteiger partial charge in [-0.05, 0) is 80.0 Å². The van der Waals surface area contributed by atoms with Gasteiger partial charge in [0.25, 0.3) is 11.8 Å². The Kier molecular flexibility index (Phi) is 6.55. The van der Waals surface area contributed by atoms with Gasteiger partial charge in [0, 0.05) is 11.1 Å². The van der Waals surface area contributed by atoms with Crippen molar-refractivity contribution in [3.05, 3.63) is 93.5 Å². The smallest absolute Gasteiger partial charge is 0.270 e. The van der Waals surface area contributed by atoms with Crippen LogP contribution in [-0.4, -0.2) is 24.0 Å². The number of benzene rings is 3. The van der Waals surface area contributed by atoms with Crippen LogP contribution in [0.3, 0.4) is 0 Å². The zero-order valence-electron chi connectivity index (χ0n) is 19.3. The first-order chi connectivity index (χ1) is 16.2. The lowest BCUT2D eigenvalue weighted by Gasteiger charge is -2.38. The lowest BCUT2D eigenvalue weighted by atomic mass is 10.0. The molecule has 7 heteroatoms. The third-order valence-electron chi connectivity index (χ3n) is 5.60. The first-order valence-corrected chi connectivity index (χ1v) is 11.4. The maximum absolute atomic E-state index is 13.8.